The molecular formula is C60H37N3. The number of nitrogens with zero attached hydrogens (tertiary/aromatic N) is 3. The first-order valence-electron chi connectivity index (χ1n) is 21.9. The monoisotopic (exact) mass is 799 g/mol. The van der Waals surface area contributed by atoms with Crippen molar-refractivity contribution in [2.75, 3.05) is 0 Å². The average molecular weight is 800 g/mol. The Labute approximate surface area is 364 Å². The summed E-state index contributed by atoms with van der Waals surface area (Å²) in [5, 5.41) is 9.69. The van der Waals surface area contributed by atoms with E-state index in [0.29, 0.717) is 12.4 Å². The number of hydrogen-bond donors (Lipinski definition) is 0. The van der Waals surface area contributed by atoms with Crippen LogP contribution in [0.25, 0.3) is 82.1 Å². The van der Waals surface area contributed by atoms with Gasteiger partial charge in [0.1, 0.15) is 0 Å². The van der Waals surface area contributed by atoms with Gasteiger partial charge in [0.25, 0.3) is 0 Å². The highest BCUT2D eigenvalue weighted by molar-refractivity contribution is 6.30. The molecule has 1 aliphatic heterocycles. The molecule has 2 aliphatic carbocycles. The third-order valence-corrected chi connectivity index (χ3v) is 14.0. The molecule has 1 aromatic heterocycles. The first-order chi connectivity index (χ1) is 31.3. The minimum absolute atomic E-state index is 0.597. The Kier molecular flexibility index (Phi) is 7.10. The first kappa shape index (κ1) is 34.6. The highest BCUT2D eigenvalue weighted by Crippen LogP contribution is 2.65. The Morgan fingerprint density at radius 2 is 0.952 bits per heavy atom. The van der Waals surface area contributed by atoms with Gasteiger partial charge in [0.05, 0.1) is 27.9 Å². The van der Waals surface area contributed by atoms with Crippen molar-refractivity contribution in [2.24, 2.45) is 9.98 Å². The van der Waals surface area contributed by atoms with Gasteiger partial charge in [-0.05, 0) is 95.0 Å². The number of para-hydroxylation sites is 1. The summed E-state index contributed by atoms with van der Waals surface area (Å²) in [4.78, 5) is 11.5. The van der Waals surface area contributed by atoms with Crippen LogP contribution in [0.4, 0.5) is 0 Å². The van der Waals surface area contributed by atoms with E-state index >= 15 is 0 Å². The molecule has 0 saturated heterocycles. The van der Waals surface area contributed by atoms with Crippen molar-refractivity contribution in [3.05, 3.63) is 246 Å². The molecule has 3 nitrogen and oxygen atoms in total. The van der Waals surface area contributed by atoms with E-state index in [0.717, 1.165) is 33.6 Å². The second kappa shape index (κ2) is 12.9. The van der Waals surface area contributed by atoms with Crippen molar-refractivity contribution in [3.8, 4) is 22.3 Å². The van der Waals surface area contributed by atoms with Gasteiger partial charge in [-0.1, -0.05) is 194 Å². The molecule has 14 rings (SSSR count). The number of benzene rings is 10. The summed E-state index contributed by atoms with van der Waals surface area (Å²) >= 11 is 0. The lowest BCUT2D eigenvalue weighted by Crippen LogP contribution is -2.27. The molecule has 63 heavy (non-hydrogen) atoms. The lowest BCUT2D eigenvalue weighted by molar-refractivity contribution is 0.798. The molecule has 0 fully saturated rings. The Bertz CT molecular complexity index is 3850. The van der Waals surface area contributed by atoms with Gasteiger partial charge < -0.3 is 0 Å². The molecule has 2 heterocycles. The van der Waals surface area contributed by atoms with Crippen molar-refractivity contribution < 1.29 is 0 Å². The molecule has 0 radical (unpaired) electrons. The zero-order valence-electron chi connectivity index (χ0n) is 34.3. The second-order valence-electron chi connectivity index (χ2n) is 17.1. The van der Waals surface area contributed by atoms with Gasteiger partial charge in [-0.25, -0.2) is 9.98 Å². The van der Waals surface area contributed by atoms with Gasteiger partial charge in [-0.15, -0.1) is 0 Å². The molecule has 0 unspecified atom stereocenters. The van der Waals surface area contributed by atoms with Gasteiger partial charge in [-0.2, -0.15) is 0 Å². The van der Waals surface area contributed by atoms with E-state index in [1.54, 1.807) is 0 Å². The summed E-state index contributed by atoms with van der Waals surface area (Å²) < 4.78 is 2.42. The highest BCUT2D eigenvalue weighted by Gasteiger charge is 2.53. The van der Waals surface area contributed by atoms with Crippen LogP contribution in [0.5, 0.6) is 0 Å². The van der Waals surface area contributed by atoms with Gasteiger partial charge in [-0.3, -0.25) is 4.57 Å². The number of rotatable bonds is 2. The third-order valence-electron chi connectivity index (χ3n) is 14.0. The van der Waals surface area contributed by atoms with E-state index in [-0.39, 0.29) is 0 Å². The fraction of sp³-hybridized carbons (Fsp3) is 0.0333. The predicted octanol–water partition coefficient (Wildman–Crippen LogP) is 14.7. The quantitative estimate of drug-likeness (QED) is 0.167. The topological polar surface area (TPSA) is 29.6 Å². The molecule has 292 valence electrons. The molecule has 0 atom stereocenters. The number of aliphatic imine (C=N–C) groups is 2. The molecule has 3 aliphatic rings. The fourth-order valence-electron chi connectivity index (χ4n) is 11.5. The Morgan fingerprint density at radius 3 is 1.65 bits per heavy atom. The van der Waals surface area contributed by atoms with Crippen molar-refractivity contribution in [3.63, 3.8) is 0 Å². The van der Waals surface area contributed by atoms with Crippen LogP contribution >= 0.6 is 0 Å². The van der Waals surface area contributed by atoms with Gasteiger partial charge >= 0.3 is 0 Å². The van der Waals surface area contributed by atoms with Crippen LogP contribution < -0.4 is 0 Å². The average Bonchev–Trinajstić information content (AvgIpc) is 3.89. The standard InChI is InChI=1S/C60H37N3/c1-3-17-39-35-41(31-29-37(39)15-1)52-33-34-53(42-32-30-38-16-2-4-18-40(38)36-42)62-59(61-52)63-54-28-14-10-24-48(54)56-46-22-6-5-21-45(46)55-47-23-9-13-27-51(47)60(57(55)58(56)63)49-25-11-7-19-43(49)44-20-8-12-26-50(44)60/h1-33,35-36H,34H2. The Morgan fingerprint density at radius 1 is 0.429 bits per heavy atom. The van der Waals surface area contributed by atoms with Crippen molar-refractivity contribution in [1.29, 1.82) is 0 Å². The molecule has 11 aromatic rings. The van der Waals surface area contributed by atoms with Gasteiger partial charge in [0.2, 0.25) is 5.96 Å². The van der Waals surface area contributed by atoms with Crippen molar-refractivity contribution >= 4 is 71.5 Å². The van der Waals surface area contributed by atoms with Crippen molar-refractivity contribution in [2.45, 2.75) is 11.8 Å². The summed E-state index contributed by atoms with van der Waals surface area (Å²) in [5.41, 5.74) is 16.0. The number of allylic oxidation sites excluding steroid dienone is 1. The zero-order chi connectivity index (χ0) is 41.2. The van der Waals surface area contributed by atoms with Crippen LogP contribution in [0.3, 0.4) is 0 Å². The van der Waals surface area contributed by atoms with Crippen LogP contribution in [-0.4, -0.2) is 16.2 Å². The summed E-state index contributed by atoms with van der Waals surface area (Å²) in [6.45, 7) is 0. The maximum absolute atomic E-state index is 5.77. The summed E-state index contributed by atoms with van der Waals surface area (Å²) in [6, 6.07) is 75.9. The number of hydrogen-bond acceptors (Lipinski definition) is 2. The van der Waals surface area contributed by atoms with Gasteiger partial charge in [0, 0.05) is 28.3 Å². The summed E-state index contributed by atoms with van der Waals surface area (Å²) in [7, 11) is 0. The molecule has 0 amide bonds. The van der Waals surface area contributed by atoms with Crippen LogP contribution in [0.2, 0.25) is 0 Å². The molecule has 0 saturated carbocycles. The maximum Gasteiger partial charge on any atom is 0.235 e. The molecule has 10 aromatic carbocycles. The number of fused-ring (bicyclic) bond motifs is 19. The maximum atomic E-state index is 5.77. The minimum Gasteiger partial charge on any atom is -0.278 e. The van der Waals surface area contributed by atoms with E-state index in [9.17, 15) is 0 Å². The smallest absolute Gasteiger partial charge is 0.235 e. The van der Waals surface area contributed by atoms with Crippen LogP contribution in [0.1, 0.15) is 39.8 Å². The van der Waals surface area contributed by atoms with E-state index in [4.69, 9.17) is 9.98 Å². The minimum atomic E-state index is -0.597. The van der Waals surface area contributed by atoms with E-state index in [1.807, 2.05) is 0 Å². The lowest BCUT2D eigenvalue weighted by Gasteiger charge is -2.31. The molecule has 0 N–H and O–H groups in total. The van der Waals surface area contributed by atoms with Crippen LogP contribution in [0.15, 0.2) is 222 Å². The van der Waals surface area contributed by atoms with Gasteiger partial charge in [0.15, 0.2) is 0 Å². The normalized spacial score (nSPS) is 14.7. The first-order valence-corrected chi connectivity index (χ1v) is 21.9. The van der Waals surface area contributed by atoms with E-state index in [2.05, 4.69) is 217 Å². The molecule has 3 heteroatoms. The molecule has 0 bridgehead atoms. The SMILES string of the molecule is C1=C(c2ccc3ccccc3c2)N=C(n2c3ccccc3c3c4ccccc4c4c(c32)C2(c3ccccc3-c3ccccc32)c2ccccc2-4)N=C(c2ccc3ccccc3c2)C1. The summed E-state index contributed by atoms with van der Waals surface area (Å²) in [5.74, 6) is 0.657. The second-order valence-corrected chi connectivity index (χ2v) is 17.1. The largest absolute Gasteiger partial charge is 0.278 e. The van der Waals surface area contributed by atoms with Crippen LogP contribution in [0, 0.1) is 0 Å². The number of aromatic nitrogens is 1. The predicted molar refractivity (Wildman–Crippen MR) is 263 cm³/mol. The Balaban J connectivity index is 1.16. The van der Waals surface area contributed by atoms with E-state index in [1.165, 1.54) is 87.6 Å². The van der Waals surface area contributed by atoms with Crippen molar-refractivity contribution in [1.82, 2.24) is 4.57 Å². The van der Waals surface area contributed by atoms with Crippen LogP contribution in [-0.2, 0) is 5.41 Å². The zero-order valence-corrected chi connectivity index (χ0v) is 34.3. The lowest BCUT2D eigenvalue weighted by atomic mass is 9.70. The third kappa shape index (κ3) is 4.68. The fourth-order valence-corrected chi connectivity index (χ4v) is 11.5. The Hall–Kier alpha value is -8.14. The molecule has 1 spiro atoms. The van der Waals surface area contributed by atoms with E-state index < -0.39 is 5.41 Å². The summed E-state index contributed by atoms with van der Waals surface area (Å²) in [6.07, 6.45) is 2.90. The molecular weight excluding hydrogens is 763 g/mol. The highest BCUT2D eigenvalue weighted by atomic mass is 15.2.